The van der Waals surface area contributed by atoms with Crippen LogP contribution in [0.5, 0.6) is 0 Å². The van der Waals surface area contributed by atoms with E-state index in [2.05, 4.69) is 5.73 Å². The van der Waals surface area contributed by atoms with Gasteiger partial charge in [-0.25, -0.2) is 0 Å². The zero-order valence-corrected chi connectivity index (χ0v) is 14.5. The molecule has 0 aromatic heterocycles. The second-order valence-electron chi connectivity index (χ2n) is 0. The molecular weight excluding hydrogens is 522 g/mol. The molecular formula is CH10ClI2NPb. The molecule has 2 N–H and O–H groups in total. The van der Waals surface area contributed by atoms with E-state index in [1.165, 1.54) is 7.05 Å². The summed E-state index contributed by atoms with van der Waals surface area (Å²) >= 11 is 0. The van der Waals surface area contributed by atoms with E-state index in [0.717, 1.165) is 0 Å². The van der Waals surface area contributed by atoms with Crippen LogP contribution in [0.4, 0.5) is 0 Å². The Hall–Kier alpha value is 2.63. The van der Waals surface area contributed by atoms with Crippen LogP contribution in [0.15, 0.2) is 0 Å². The normalized spacial score (nSPS) is 1.00. The van der Waals surface area contributed by atoms with Crippen LogP contribution >= 0.6 is 60.4 Å². The van der Waals surface area contributed by atoms with Crippen LogP contribution in [0.2, 0.25) is 0 Å². The van der Waals surface area contributed by atoms with Gasteiger partial charge in [0.25, 0.3) is 0 Å². The summed E-state index contributed by atoms with van der Waals surface area (Å²) in [5.41, 5.74) is 4.50. The van der Waals surface area contributed by atoms with Gasteiger partial charge in [0.1, 0.15) is 0 Å². The Morgan fingerprint density at radius 3 is 1.00 bits per heavy atom. The summed E-state index contributed by atoms with van der Waals surface area (Å²) in [6, 6.07) is 0. The molecule has 0 atom stereocenters. The predicted octanol–water partition coefficient (Wildman–Crippen LogP) is 0.316. The molecule has 0 fully saturated rings. The summed E-state index contributed by atoms with van der Waals surface area (Å²) in [6.45, 7) is 0. The van der Waals surface area contributed by atoms with Crippen LogP contribution in [0.25, 0.3) is 0 Å². The summed E-state index contributed by atoms with van der Waals surface area (Å²) in [5, 5.41) is 0. The van der Waals surface area contributed by atoms with E-state index >= 15 is 0 Å². The van der Waals surface area contributed by atoms with E-state index < -0.39 is 0 Å². The SMILES string of the molecule is CN.Cl.I.I.[PbH2]. The van der Waals surface area contributed by atoms with Crippen molar-refractivity contribution in [3.05, 3.63) is 0 Å². The van der Waals surface area contributed by atoms with Crippen molar-refractivity contribution >= 4 is 87.7 Å². The molecule has 0 aliphatic heterocycles. The molecule has 0 aromatic rings. The van der Waals surface area contributed by atoms with Crippen molar-refractivity contribution in [3.8, 4) is 0 Å². The van der Waals surface area contributed by atoms with Gasteiger partial charge in [0.15, 0.2) is 0 Å². The van der Waals surface area contributed by atoms with Crippen molar-refractivity contribution in [2.45, 2.75) is 0 Å². The van der Waals surface area contributed by atoms with Crippen LogP contribution in [0.3, 0.4) is 0 Å². The summed E-state index contributed by atoms with van der Waals surface area (Å²) in [7, 11) is 1.50. The second-order valence-corrected chi connectivity index (χ2v) is 0. The molecule has 2 radical (unpaired) electrons. The summed E-state index contributed by atoms with van der Waals surface area (Å²) in [6.07, 6.45) is 0. The molecule has 0 aliphatic carbocycles. The van der Waals surface area contributed by atoms with Crippen molar-refractivity contribution in [1.29, 1.82) is 0 Å². The maximum absolute atomic E-state index is 4.50. The van der Waals surface area contributed by atoms with Crippen molar-refractivity contribution < 1.29 is 0 Å². The Bertz CT molecular complexity index is 13.5. The fraction of sp³-hybridized carbons (Fsp3) is 1.00. The average Bonchev–Trinajstić information content (AvgIpc) is 1.00. The minimum absolute atomic E-state index is 0. The fourth-order valence-corrected chi connectivity index (χ4v) is 0. The molecule has 0 rings (SSSR count). The molecule has 0 amide bonds. The minimum atomic E-state index is 0. The molecule has 1 nitrogen and oxygen atoms in total. The molecule has 0 spiro atoms. The Kier molecular flexibility index (Phi) is 308. The average molecular weight is 533 g/mol. The monoisotopic (exact) mass is 533 g/mol. The van der Waals surface area contributed by atoms with Crippen LogP contribution < -0.4 is 5.73 Å². The molecule has 0 heterocycles. The first-order valence-electron chi connectivity index (χ1n) is 0.577. The van der Waals surface area contributed by atoms with Crippen molar-refractivity contribution in [1.82, 2.24) is 0 Å². The van der Waals surface area contributed by atoms with E-state index in [-0.39, 0.29) is 87.7 Å². The third-order valence-corrected chi connectivity index (χ3v) is 0. The standard InChI is InChI=1S/CH5N.ClH.2HI.Pb.2H/c1-2;;;;;;/h2H2,1H3;3*1H;;;. The van der Waals surface area contributed by atoms with Crippen LogP contribution in [0, 0.1) is 0 Å². The van der Waals surface area contributed by atoms with Crippen molar-refractivity contribution in [2.75, 3.05) is 7.05 Å². The zero-order valence-electron chi connectivity index (χ0n) is 3.51. The summed E-state index contributed by atoms with van der Waals surface area (Å²) < 4.78 is 0. The number of rotatable bonds is 0. The van der Waals surface area contributed by atoms with Gasteiger partial charge in [-0.15, -0.1) is 60.4 Å². The van der Waals surface area contributed by atoms with Gasteiger partial charge in [-0.05, 0) is 7.05 Å². The number of halogens is 3. The van der Waals surface area contributed by atoms with Crippen LogP contribution in [-0.2, 0) is 0 Å². The van der Waals surface area contributed by atoms with Gasteiger partial charge in [0.2, 0.25) is 0 Å². The second kappa shape index (κ2) is 48.5. The topological polar surface area (TPSA) is 26.0 Å². The van der Waals surface area contributed by atoms with E-state index in [9.17, 15) is 0 Å². The van der Waals surface area contributed by atoms with Crippen molar-refractivity contribution in [3.63, 3.8) is 0 Å². The Labute approximate surface area is 98.8 Å². The van der Waals surface area contributed by atoms with Gasteiger partial charge in [0.05, 0.1) is 0 Å². The summed E-state index contributed by atoms with van der Waals surface area (Å²) in [5.74, 6) is 0. The van der Waals surface area contributed by atoms with Crippen LogP contribution in [0.1, 0.15) is 0 Å². The predicted molar refractivity (Wildman–Crippen MR) is 56.7 cm³/mol. The Morgan fingerprint density at radius 2 is 1.00 bits per heavy atom. The first-order chi connectivity index (χ1) is 1.00. The molecule has 5 heteroatoms. The molecule has 0 aliphatic rings. The number of nitrogens with two attached hydrogens (primary N) is 1. The van der Waals surface area contributed by atoms with E-state index in [1.54, 1.807) is 0 Å². The number of hydrogen-bond acceptors (Lipinski definition) is 1. The third-order valence-electron chi connectivity index (χ3n) is 0. The molecule has 0 unspecified atom stereocenters. The fourth-order valence-electron chi connectivity index (χ4n) is 0. The van der Waals surface area contributed by atoms with Gasteiger partial charge in [0, 0.05) is 0 Å². The van der Waals surface area contributed by atoms with Gasteiger partial charge in [-0.3, -0.25) is 0 Å². The zero-order chi connectivity index (χ0) is 2.00. The van der Waals surface area contributed by atoms with Crippen molar-refractivity contribution in [2.24, 2.45) is 5.73 Å². The van der Waals surface area contributed by atoms with Gasteiger partial charge < -0.3 is 5.73 Å². The van der Waals surface area contributed by atoms with E-state index in [0.29, 0.717) is 0 Å². The van der Waals surface area contributed by atoms with Crippen LogP contribution in [-0.4, -0.2) is 34.3 Å². The van der Waals surface area contributed by atoms with E-state index in [4.69, 9.17) is 0 Å². The molecule has 0 saturated heterocycles. The van der Waals surface area contributed by atoms with Gasteiger partial charge >= 0.3 is 27.3 Å². The maximum atomic E-state index is 4.50. The quantitative estimate of drug-likeness (QED) is 0.353. The molecule has 0 bridgehead atoms. The van der Waals surface area contributed by atoms with Gasteiger partial charge in [-0.1, -0.05) is 0 Å². The van der Waals surface area contributed by atoms with Gasteiger partial charge in [-0.2, -0.15) is 0 Å². The Morgan fingerprint density at radius 1 is 1.00 bits per heavy atom. The molecule has 0 aromatic carbocycles. The first kappa shape index (κ1) is 38.1. The molecule has 6 heavy (non-hydrogen) atoms. The molecule has 0 saturated carbocycles. The number of hydrogen-bond donors (Lipinski definition) is 1. The Balaban J connectivity index is -0.000000000833. The molecule has 44 valence electrons. The van der Waals surface area contributed by atoms with E-state index in [1.807, 2.05) is 0 Å². The third kappa shape index (κ3) is 30.4. The first-order valence-corrected chi connectivity index (χ1v) is 0.577. The summed E-state index contributed by atoms with van der Waals surface area (Å²) in [4.78, 5) is 0.